The molecule has 2 fully saturated rings. The minimum absolute atomic E-state index is 0.461. The van der Waals surface area contributed by atoms with E-state index in [0.717, 1.165) is 6.54 Å². The molecule has 0 aliphatic carbocycles. The van der Waals surface area contributed by atoms with Gasteiger partial charge >= 0.3 is 0 Å². The molecule has 0 aromatic heterocycles. The van der Waals surface area contributed by atoms with Gasteiger partial charge in [0, 0.05) is 31.2 Å². The number of hydrogen-bond donors (Lipinski definition) is 1. The minimum Gasteiger partial charge on any atom is -0.312 e. The molecule has 2 heterocycles. The molecule has 2 saturated heterocycles. The maximum Gasteiger partial charge on any atom is 0.0206 e. The highest BCUT2D eigenvalue weighted by molar-refractivity contribution is 4.94. The zero-order chi connectivity index (χ0) is 10.9. The highest BCUT2D eigenvalue weighted by Crippen LogP contribution is 2.28. The average Bonchev–Trinajstić information content (AvgIpc) is 2.23. The van der Waals surface area contributed by atoms with Gasteiger partial charge in [0.2, 0.25) is 0 Å². The van der Waals surface area contributed by atoms with Gasteiger partial charge in [-0.3, -0.25) is 4.90 Å². The maximum absolute atomic E-state index is 3.52. The third-order valence-electron chi connectivity index (χ3n) is 4.20. The number of hydrogen-bond acceptors (Lipinski definition) is 3. The van der Waals surface area contributed by atoms with Gasteiger partial charge in [0.25, 0.3) is 0 Å². The molecule has 2 aliphatic rings. The highest BCUT2D eigenvalue weighted by Gasteiger charge is 2.36. The van der Waals surface area contributed by atoms with Crippen LogP contribution in [0.3, 0.4) is 0 Å². The van der Waals surface area contributed by atoms with Gasteiger partial charge in [-0.05, 0) is 46.8 Å². The third-order valence-corrected chi connectivity index (χ3v) is 4.20. The van der Waals surface area contributed by atoms with Gasteiger partial charge in [-0.2, -0.15) is 0 Å². The molecule has 0 spiro atoms. The average molecular weight is 211 g/mol. The molecular formula is C12H25N3. The molecule has 0 unspecified atom stereocenters. The van der Waals surface area contributed by atoms with Gasteiger partial charge in [-0.25, -0.2) is 0 Å². The standard InChI is InChI=1S/C12H25N3/c1-11-10-15(9-6-13-11)12(2)4-7-14(3)8-5-12/h11,13H,4-10H2,1-3H3/t11-/m1/s1. The van der Waals surface area contributed by atoms with Crippen LogP contribution in [0.4, 0.5) is 0 Å². The topological polar surface area (TPSA) is 18.5 Å². The summed E-state index contributed by atoms with van der Waals surface area (Å²) >= 11 is 0. The second-order valence-corrected chi connectivity index (χ2v) is 5.60. The summed E-state index contributed by atoms with van der Waals surface area (Å²) in [5.41, 5.74) is 0.461. The Labute approximate surface area is 93.8 Å². The molecule has 3 nitrogen and oxygen atoms in total. The second kappa shape index (κ2) is 4.40. The van der Waals surface area contributed by atoms with Crippen molar-refractivity contribution in [1.29, 1.82) is 0 Å². The van der Waals surface area contributed by atoms with Crippen LogP contribution in [0, 0.1) is 0 Å². The van der Waals surface area contributed by atoms with Gasteiger partial charge in [-0.1, -0.05) is 0 Å². The van der Waals surface area contributed by atoms with Gasteiger partial charge < -0.3 is 10.2 Å². The zero-order valence-corrected chi connectivity index (χ0v) is 10.4. The molecule has 0 bridgehead atoms. The summed E-state index contributed by atoms with van der Waals surface area (Å²) in [6.45, 7) is 10.9. The quantitative estimate of drug-likeness (QED) is 0.691. The van der Waals surface area contributed by atoms with Crippen molar-refractivity contribution < 1.29 is 0 Å². The van der Waals surface area contributed by atoms with Gasteiger partial charge in [0.1, 0.15) is 0 Å². The molecule has 0 aromatic carbocycles. The fourth-order valence-corrected chi connectivity index (χ4v) is 2.84. The molecule has 0 saturated carbocycles. The Morgan fingerprint density at radius 1 is 1.20 bits per heavy atom. The monoisotopic (exact) mass is 211 g/mol. The summed E-state index contributed by atoms with van der Waals surface area (Å²) in [7, 11) is 2.24. The van der Waals surface area contributed by atoms with E-state index in [1.165, 1.54) is 39.0 Å². The van der Waals surface area contributed by atoms with Crippen LogP contribution in [-0.4, -0.2) is 61.2 Å². The van der Waals surface area contributed by atoms with Gasteiger partial charge in [-0.15, -0.1) is 0 Å². The first-order chi connectivity index (χ1) is 7.10. The van der Waals surface area contributed by atoms with E-state index in [1.54, 1.807) is 0 Å². The van der Waals surface area contributed by atoms with E-state index in [0.29, 0.717) is 11.6 Å². The molecule has 1 N–H and O–H groups in total. The number of piperazine rings is 1. The van der Waals surface area contributed by atoms with Crippen LogP contribution in [0.25, 0.3) is 0 Å². The Morgan fingerprint density at radius 3 is 2.47 bits per heavy atom. The fourth-order valence-electron chi connectivity index (χ4n) is 2.84. The molecule has 0 amide bonds. The van der Waals surface area contributed by atoms with Crippen molar-refractivity contribution in [2.24, 2.45) is 0 Å². The molecule has 0 radical (unpaired) electrons. The van der Waals surface area contributed by atoms with E-state index in [9.17, 15) is 0 Å². The van der Waals surface area contributed by atoms with Gasteiger partial charge in [0.15, 0.2) is 0 Å². The summed E-state index contributed by atoms with van der Waals surface area (Å²) in [6, 6.07) is 0.662. The van der Waals surface area contributed by atoms with Crippen LogP contribution in [-0.2, 0) is 0 Å². The molecule has 15 heavy (non-hydrogen) atoms. The maximum atomic E-state index is 3.52. The Morgan fingerprint density at radius 2 is 1.87 bits per heavy atom. The minimum atomic E-state index is 0.461. The predicted octanol–water partition coefficient (Wildman–Crippen LogP) is 0.764. The zero-order valence-electron chi connectivity index (χ0n) is 10.4. The van der Waals surface area contributed by atoms with E-state index >= 15 is 0 Å². The lowest BCUT2D eigenvalue weighted by atomic mass is 9.87. The number of nitrogens with zero attached hydrogens (tertiary/aromatic N) is 2. The predicted molar refractivity (Wildman–Crippen MR) is 64.2 cm³/mol. The van der Waals surface area contributed by atoms with Crippen LogP contribution < -0.4 is 5.32 Å². The summed E-state index contributed by atoms with van der Waals surface area (Å²) in [4.78, 5) is 5.16. The van der Waals surface area contributed by atoms with Crippen LogP contribution >= 0.6 is 0 Å². The van der Waals surface area contributed by atoms with Crippen LogP contribution in [0.5, 0.6) is 0 Å². The molecule has 2 aliphatic heterocycles. The third kappa shape index (κ3) is 2.52. The molecule has 2 rings (SSSR count). The summed E-state index contributed by atoms with van der Waals surface area (Å²) in [5.74, 6) is 0. The van der Waals surface area contributed by atoms with E-state index in [2.05, 4.69) is 36.0 Å². The SMILES string of the molecule is C[C@@H]1CN(C2(C)CCN(C)CC2)CCN1. The lowest BCUT2D eigenvalue weighted by Gasteiger charge is -2.49. The first kappa shape index (κ1) is 11.4. The number of piperidine rings is 1. The molecule has 1 atom stereocenters. The molecule has 3 heteroatoms. The van der Waals surface area contributed by atoms with Crippen molar-refractivity contribution in [3.05, 3.63) is 0 Å². The van der Waals surface area contributed by atoms with Crippen LogP contribution in [0.15, 0.2) is 0 Å². The van der Waals surface area contributed by atoms with Crippen molar-refractivity contribution in [2.75, 3.05) is 39.8 Å². The normalized spacial score (nSPS) is 34.2. The Kier molecular flexibility index (Phi) is 3.33. The van der Waals surface area contributed by atoms with Crippen LogP contribution in [0.2, 0.25) is 0 Å². The Hall–Kier alpha value is -0.120. The van der Waals surface area contributed by atoms with Crippen molar-refractivity contribution >= 4 is 0 Å². The first-order valence-corrected chi connectivity index (χ1v) is 6.27. The van der Waals surface area contributed by atoms with E-state index in [-0.39, 0.29) is 0 Å². The van der Waals surface area contributed by atoms with E-state index < -0.39 is 0 Å². The smallest absolute Gasteiger partial charge is 0.0206 e. The lowest BCUT2D eigenvalue weighted by molar-refractivity contribution is 0.0227. The molecular weight excluding hydrogens is 186 g/mol. The van der Waals surface area contributed by atoms with Crippen LogP contribution in [0.1, 0.15) is 26.7 Å². The van der Waals surface area contributed by atoms with Crippen molar-refractivity contribution in [3.63, 3.8) is 0 Å². The van der Waals surface area contributed by atoms with Crippen molar-refractivity contribution in [3.8, 4) is 0 Å². The molecule has 0 aromatic rings. The van der Waals surface area contributed by atoms with Crippen molar-refractivity contribution in [1.82, 2.24) is 15.1 Å². The first-order valence-electron chi connectivity index (χ1n) is 6.27. The highest BCUT2D eigenvalue weighted by atomic mass is 15.3. The van der Waals surface area contributed by atoms with E-state index in [4.69, 9.17) is 0 Å². The Bertz CT molecular complexity index is 209. The Balaban J connectivity index is 1.95. The summed E-state index contributed by atoms with van der Waals surface area (Å²) in [5, 5.41) is 3.52. The lowest BCUT2D eigenvalue weighted by Crippen LogP contribution is -2.60. The second-order valence-electron chi connectivity index (χ2n) is 5.60. The largest absolute Gasteiger partial charge is 0.312 e. The van der Waals surface area contributed by atoms with Gasteiger partial charge in [0.05, 0.1) is 0 Å². The number of nitrogens with one attached hydrogen (secondary N) is 1. The number of likely N-dealkylation sites (tertiary alicyclic amines) is 1. The summed E-state index contributed by atoms with van der Waals surface area (Å²) in [6.07, 6.45) is 2.66. The molecule has 88 valence electrons. The number of rotatable bonds is 1. The summed E-state index contributed by atoms with van der Waals surface area (Å²) < 4.78 is 0. The fraction of sp³-hybridized carbons (Fsp3) is 1.00. The van der Waals surface area contributed by atoms with Crippen molar-refractivity contribution in [2.45, 2.75) is 38.3 Å². The van der Waals surface area contributed by atoms with E-state index in [1.807, 2.05) is 0 Å².